The second kappa shape index (κ2) is 5.85. The summed E-state index contributed by atoms with van der Waals surface area (Å²) >= 11 is 0. The summed E-state index contributed by atoms with van der Waals surface area (Å²) in [6, 6.07) is 1.49. The van der Waals surface area contributed by atoms with E-state index in [1.165, 1.54) is 6.07 Å². The Morgan fingerprint density at radius 1 is 1.45 bits per heavy atom. The Morgan fingerprint density at radius 3 is 2.65 bits per heavy atom. The number of hydrogen-bond acceptors (Lipinski definition) is 5. The Bertz CT molecular complexity index is 524. The summed E-state index contributed by atoms with van der Waals surface area (Å²) in [7, 11) is 0. The maximum Gasteiger partial charge on any atom is 0.342 e. The largest absolute Gasteiger partial charge is 0.477 e. The molecule has 20 heavy (non-hydrogen) atoms. The molecule has 0 bridgehead atoms. The van der Waals surface area contributed by atoms with Crippen LogP contribution in [0, 0.1) is 16.0 Å². The van der Waals surface area contributed by atoms with Crippen LogP contribution >= 0.6 is 0 Å². The lowest BCUT2D eigenvalue weighted by atomic mass is 9.87. The predicted octanol–water partition coefficient (Wildman–Crippen LogP) is 2.68. The Balaban J connectivity index is 2.15. The summed E-state index contributed by atoms with van der Waals surface area (Å²) in [5.74, 6) is -0.223. The van der Waals surface area contributed by atoms with E-state index in [0.29, 0.717) is 11.7 Å². The molecule has 1 saturated carbocycles. The second-order valence-electron chi connectivity index (χ2n) is 5.25. The Hall–Kier alpha value is -2.18. The molecule has 2 rings (SSSR count). The number of anilines is 1. The number of nitrogens with one attached hydrogen (secondary N) is 1. The molecule has 0 amide bonds. The van der Waals surface area contributed by atoms with Crippen molar-refractivity contribution >= 4 is 17.5 Å². The summed E-state index contributed by atoms with van der Waals surface area (Å²) in [5, 5.41) is 22.9. The fourth-order valence-corrected chi connectivity index (χ4v) is 2.46. The Kier molecular flexibility index (Phi) is 4.16. The van der Waals surface area contributed by atoms with E-state index in [2.05, 4.69) is 17.2 Å². The van der Waals surface area contributed by atoms with E-state index >= 15 is 0 Å². The molecule has 1 fully saturated rings. The van der Waals surface area contributed by atoms with E-state index in [9.17, 15) is 14.9 Å². The minimum Gasteiger partial charge on any atom is -0.477 e. The van der Waals surface area contributed by atoms with Crippen molar-refractivity contribution in [3.05, 3.63) is 27.9 Å². The molecule has 1 heterocycles. The molecule has 1 aliphatic rings. The minimum atomic E-state index is -1.32. The predicted molar refractivity (Wildman–Crippen MR) is 72.9 cm³/mol. The minimum absolute atomic E-state index is 0.252. The third-order valence-corrected chi connectivity index (χ3v) is 3.68. The smallest absolute Gasteiger partial charge is 0.342 e. The fourth-order valence-electron chi connectivity index (χ4n) is 2.46. The molecule has 0 unspecified atom stereocenters. The number of aromatic nitrogens is 1. The van der Waals surface area contributed by atoms with Gasteiger partial charge in [-0.2, -0.15) is 0 Å². The Labute approximate surface area is 116 Å². The molecular weight excluding hydrogens is 262 g/mol. The molecular formula is C13H17N3O4. The zero-order chi connectivity index (χ0) is 14.7. The summed E-state index contributed by atoms with van der Waals surface area (Å²) in [4.78, 5) is 25.0. The monoisotopic (exact) mass is 279 g/mol. The van der Waals surface area contributed by atoms with Crippen LogP contribution in [0.2, 0.25) is 0 Å². The van der Waals surface area contributed by atoms with Gasteiger partial charge in [0.1, 0.15) is 17.6 Å². The lowest BCUT2D eigenvalue weighted by Crippen LogP contribution is -2.25. The standard InChI is InChI=1S/C13H17N3O4/c1-8-2-4-9(5-3-8)15-12-6-10(13(17)18)11(7-14-12)16(19)20/h6-9H,2-5H2,1H3,(H,14,15)(H,17,18). The summed E-state index contributed by atoms with van der Waals surface area (Å²) < 4.78 is 0. The zero-order valence-electron chi connectivity index (χ0n) is 11.2. The summed E-state index contributed by atoms with van der Waals surface area (Å²) in [5.41, 5.74) is -0.822. The second-order valence-corrected chi connectivity index (χ2v) is 5.25. The number of rotatable bonds is 4. The van der Waals surface area contributed by atoms with Gasteiger partial charge in [0.25, 0.3) is 0 Å². The molecule has 0 radical (unpaired) electrons. The van der Waals surface area contributed by atoms with Crippen LogP contribution in [0.15, 0.2) is 12.3 Å². The van der Waals surface area contributed by atoms with Gasteiger partial charge in [-0.25, -0.2) is 9.78 Å². The van der Waals surface area contributed by atoms with E-state index in [4.69, 9.17) is 5.11 Å². The highest BCUT2D eigenvalue weighted by molar-refractivity contribution is 5.93. The van der Waals surface area contributed by atoms with Crippen LogP contribution in [0.1, 0.15) is 43.0 Å². The topological polar surface area (TPSA) is 105 Å². The lowest BCUT2D eigenvalue weighted by Gasteiger charge is -2.27. The van der Waals surface area contributed by atoms with Gasteiger partial charge in [0.2, 0.25) is 0 Å². The highest BCUT2D eigenvalue weighted by Crippen LogP contribution is 2.27. The molecule has 1 aliphatic carbocycles. The first-order chi connectivity index (χ1) is 9.47. The zero-order valence-corrected chi connectivity index (χ0v) is 11.2. The van der Waals surface area contributed by atoms with Gasteiger partial charge in [-0.1, -0.05) is 6.92 Å². The maximum absolute atomic E-state index is 11.1. The van der Waals surface area contributed by atoms with Crippen molar-refractivity contribution in [1.82, 2.24) is 4.98 Å². The number of carboxylic acid groups (broad SMARTS) is 1. The third-order valence-electron chi connectivity index (χ3n) is 3.68. The van der Waals surface area contributed by atoms with E-state index in [-0.39, 0.29) is 11.6 Å². The van der Waals surface area contributed by atoms with Gasteiger partial charge < -0.3 is 10.4 Å². The van der Waals surface area contributed by atoms with Crippen molar-refractivity contribution in [1.29, 1.82) is 0 Å². The molecule has 7 nitrogen and oxygen atoms in total. The van der Waals surface area contributed by atoms with Crippen LogP contribution in [-0.2, 0) is 0 Å². The van der Waals surface area contributed by atoms with Gasteiger partial charge in [-0.3, -0.25) is 10.1 Å². The maximum atomic E-state index is 11.1. The SMILES string of the molecule is CC1CCC(Nc2cc(C(=O)O)c([N+](=O)[O-])cn2)CC1. The molecule has 0 spiro atoms. The van der Waals surface area contributed by atoms with Gasteiger partial charge >= 0.3 is 11.7 Å². The van der Waals surface area contributed by atoms with Gasteiger partial charge in [0, 0.05) is 12.1 Å². The van der Waals surface area contributed by atoms with Crippen molar-refractivity contribution in [2.24, 2.45) is 5.92 Å². The van der Waals surface area contributed by atoms with Crippen molar-refractivity contribution in [3.63, 3.8) is 0 Å². The molecule has 7 heteroatoms. The van der Waals surface area contributed by atoms with Crippen molar-refractivity contribution in [2.75, 3.05) is 5.32 Å². The van der Waals surface area contributed by atoms with Gasteiger partial charge in [-0.05, 0) is 31.6 Å². The van der Waals surface area contributed by atoms with Gasteiger partial charge in [0.15, 0.2) is 0 Å². The summed E-state index contributed by atoms with van der Waals surface area (Å²) in [6.45, 7) is 2.21. The van der Waals surface area contributed by atoms with Crippen molar-refractivity contribution in [2.45, 2.75) is 38.6 Å². The average molecular weight is 279 g/mol. The number of carbonyl (C=O) groups is 1. The van der Waals surface area contributed by atoms with E-state index in [1.807, 2.05) is 0 Å². The van der Waals surface area contributed by atoms with Crippen LogP contribution in [0.5, 0.6) is 0 Å². The van der Waals surface area contributed by atoms with Crippen LogP contribution in [0.25, 0.3) is 0 Å². The van der Waals surface area contributed by atoms with E-state index < -0.39 is 16.6 Å². The first-order valence-corrected chi connectivity index (χ1v) is 6.61. The third kappa shape index (κ3) is 3.23. The lowest BCUT2D eigenvalue weighted by molar-refractivity contribution is -0.385. The molecule has 0 atom stereocenters. The Morgan fingerprint density at radius 2 is 2.10 bits per heavy atom. The van der Waals surface area contributed by atoms with Crippen LogP contribution in [-0.4, -0.2) is 27.0 Å². The number of hydrogen-bond donors (Lipinski definition) is 2. The molecule has 0 aliphatic heterocycles. The van der Waals surface area contributed by atoms with E-state index in [1.54, 1.807) is 0 Å². The van der Waals surface area contributed by atoms with Gasteiger partial charge in [-0.15, -0.1) is 0 Å². The molecule has 2 N–H and O–H groups in total. The first-order valence-electron chi connectivity index (χ1n) is 6.61. The number of aromatic carboxylic acids is 1. The first kappa shape index (κ1) is 14.2. The molecule has 108 valence electrons. The van der Waals surface area contributed by atoms with Crippen LogP contribution in [0.3, 0.4) is 0 Å². The van der Waals surface area contributed by atoms with Crippen LogP contribution in [0.4, 0.5) is 11.5 Å². The molecule has 1 aromatic rings. The van der Waals surface area contributed by atoms with Crippen molar-refractivity contribution in [3.8, 4) is 0 Å². The summed E-state index contributed by atoms with van der Waals surface area (Å²) in [6.07, 6.45) is 5.24. The molecule has 0 saturated heterocycles. The van der Waals surface area contributed by atoms with Gasteiger partial charge in [0.05, 0.1) is 4.92 Å². The highest BCUT2D eigenvalue weighted by atomic mass is 16.6. The quantitative estimate of drug-likeness (QED) is 0.648. The van der Waals surface area contributed by atoms with E-state index in [0.717, 1.165) is 31.9 Å². The highest BCUT2D eigenvalue weighted by Gasteiger charge is 2.23. The molecule has 1 aromatic heterocycles. The fraction of sp³-hybridized carbons (Fsp3) is 0.538. The average Bonchev–Trinajstić information content (AvgIpc) is 2.41. The molecule has 0 aromatic carbocycles. The number of nitrogens with zero attached hydrogens (tertiary/aromatic N) is 2. The van der Waals surface area contributed by atoms with Crippen molar-refractivity contribution < 1.29 is 14.8 Å². The van der Waals surface area contributed by atoms with Crippen LogP contribution < -0.4 is 5.32 Å². The number of carboxylic acids is 1. The number of nitro groups is 1. The normalized spacial score (nSPS) is 22.2. The number of pyridine rings is 1.